The van der Waals surface area contributed by atoms with Crippen molar-refractivity contribution in [2.24, 2.45) is 23.0 Å². The molecule has 0 aromatic carbocycles. The Morgan fingerprint density at radius 2 is 1.84 bits per heavy atom. The predicted octanol–water partition coefficient (Wildman–Crippen LogP) is 0.734. The fourth-order valence-electron chi connectivity index (χ4n) is 5.86. The molecular weight excluding hydrogens is 496 g/mol. The Bertz CT molecular complexity index is 1340. The normalized spacial score (nSPS) is 27.2. The molecule has 3 aliphatic carbocycles. The number of pyridine rings is 1. The molecule has 3 aliphatic rings. The van der Waals surface area contributed by atoms with Crippen molar-refractivity contribution in [3.05, 3.63) is 34.2 Å². The van der Waals surface area contributed by atoms with Crippen LogP contribution in [-0.2, 0) is 25.6 Å². The summed E-state index contributed by atoms with van der Waals surface area (Å²) in [7, 11) is 3.07. The molecule has 7 N–H and O–H groups in total. The highest BCUT2D eigenvalue weighted by atomic mass is 16.3. The van der Waals surface area contributed by atoms with E-state index in [0.717, 1.165) is 0 Å². The van der Waals surface area contributed by atoms with E-state index in [1.54, 1.807) is 0 Å². The van der Waals surface area contributed by atoms with Crippen molar-refractivity contribution in [1.29, 1.82) is 0 Å². The van der Waals surface area contributed by atoms with Crippen LogP contribution in [0, 0.1) is 17.3 Å². The molecule has 204 valence electrons. The van der Waals surface area contributed by atoms with Gasteiger partial charge in [-0.25, -0.2) is 4.98 Å². The Hall–Kier alpha value is -3.77. The fraction of sp³-hybridized carbons (Fsp3) is 0.500. The first-order chi connectivity index (χ1) is 17.5. The number of rotatable bonds is 4. The number of carbonyl (C=O) groups excluding carboxylic acids is 4. The van der Waals surface area contributed by atoms with E-state index in [1.807, 2.05) is 20.8 Å². The van der Waals surface area contributed by atoms with Crippen molar-refractivity contribution < 1.29 is 39.6 Å². The number of aliphatic hydroxyl groups excluding tert-OH is 2. The van der Waals surface area contributed by atoms with Crippen LogP contribution in [0.4, 0.5) is 5.82 Å². The molecule has 1 fully saturated rings. The van der Waals surface area contributed by atoms with Gasteiger partial charge in [0.25, 0.3) is 5.91 Å². The number of nitrogens with one attached hydrogen (secondary N) is 1. The van der Waals surface area contributed by atoms with E-state index in [2.05, 4.69) is 10.3 Å². The minimum Gasteiger partial charge on any atom is -0.508 e. The SMILES string of the molecule is CN(C)[C@@H]1C(=O)C(C(N)=O)=C(O)[C@@]2(O)C(=O)C3=C(O)c4c(cnc(NC(=O)CC(C)(C)C)c4O)C[C@H]3C[C@@H]12. The summed E-state index contributed by atoms with van der Waals surface area (Å²) in [5.74, 6) is -8.04. The number of fused-ring (bicyclic) bond motifs is 3. The van der Waals surface area contributed by atoms with Gasteiger partial charge in [0.15, 0.2) is 23.0 Å². The molecule has 4 atom stereocenters. The average Bonchev–Trinajstić information content (AvgIpc) is 2.76. The number of aromatic hydroxyl groups is 1. The number of aliphatic hydroxyl groups is 3. The minimum absolute atomic E-state index is 0.0173. The number of carbonyl (C=O) groups is 4. The zero-order valence-electron chi connectivity index (χ0n) is 21.8. The lowest BCUT2D eigenvalue weighted by Gasteiger charge is -2.50. The number of aromatic nitrogens is 1. The van der Waals surface area contributed by atoms with Crippen LogP contribution < -0.4 is 11.1 Å². The lowest BCUT2D eigenvalue weighted by Crippen LogP contribution is -2.65. The molecule has 0 radical (unpaired) electrons. The van der Waals surface area contributed by atoms with Gasteiger partial charge in [0.05, 0.1) is 11.6 Å². The molecule has 1 saturated carbocycles. The molecule has 0 spiro atoms. The summed E-state index contributed by atoms with van der Waals surface area (Å²) < 4.78 is 0. The van der Waals surface area contributed by atoms with Crippen LogP contribution in [0.15, 0.2) is 23.1 Å². The number of amides is 2. The second-order valence-corrected chi connectivity index (χ2v) is 11.6. The average molecular weight is 529 g/mol. The third kappa shape index (κ3) is 4.04. The second-order valence-electron chi connectivity index (χ2n) is 11.6. The molecule has 1 aromatic rings. The van der Waals surface area contributed by atoms with Crippen LogP contribution in [0.2, 0.25) is 0 Å². The first-order valence-electron chi connectivity index (χ1n) is 12.2. The lowest BCUT2D eigenvalue weighted by molar-refractivity contribution is -0.153. The maximum absolute atomic E-state index is 13.8. The molecule has 12 heteroatoms. The van der Waals surface area contributed by atoms with E-state index in [9.17, 15) is 39.6 Å². The van der Waals surface area contributed by atoms with Gasteiger partial charge in [-0.15, -0.1) is 0 Å². The number of primary amides is 1. The number of hydrogen-bond donors (Lipinski definition) is 6. The Morgan fingerprint density at radius 1 is 1.21 bits per heavy atom. The summed E-state index contributed by atoms with van der Waals surface area (Å²) in [5, 5.41) is 47.1. The van der Waals surface area contributed by atoms with Gasteiger partial charge in [0.2, 0.25) is 11.7 Å². The first-order valence-corrected chi connectivity index (χ1v) is 12.2. The molecule has 0 bridgehead atoms. The van der Waals surface area contributed by atoms with Crippen molar-refractivity contribution in [3.63, 3.8) is 0 Å². The predicted molar refractivity (Wildman–Crippen MR) is 135 cm³/mol. The maximum atomic E-state index is 13.8. The Morgan fingerprint density at radius 3 is 2.39 bits per heavy atom. The quantitative estimate of drug-likeness (QED) is 0.302. The Kier molecular flexibility index (Phi) is 6.40. The second kappa shape index (κ2) is 8.91. The van der Waals surface area contributed by atoms with Crippen molar-refractivity contribution in [3.8, 4) is 5.75 Å². The molecule has 1 heterocycles. The van der Waals surface area contributed by atoms with Crippen LogP contribution in [-0.4, -0.2) is 79.4 Å². The standard InChI is InChI=1S/C26H32N4O8/c1-25(2,3)8-13(31)29-24-20(34)14-11(9-28-24)6-10-7-12-17(30(4)5)19(33)16(23(27)37)22(36)26(12,38)21(35)15(10)18(14)32/h9-10,12,17,32,34,36,38H,6-8H2,1-5H3,(H2,27,37)(H,28,29,31)/t10-,12-,17-,26-/m0/s1. The summed E-state index contributed by atoms with van der Waals surface area (Å²) in [6, 6.07) is -1.15. The smallest absolute Gasteiger partial charge is 0.255 e. The van der Waals surface area contributed by atoms with E-state index in [1.165, 1.54) is 25.2 Å². The minimum atomic E-state index is -2.71. The van der Waals surface area contributed by atoms with Gasteiger partial charge in [0, 0.05) is 24.1 Å². The third-order valence-corrected chi connectivity index (χ3v) is 7.41. The molecule has 4 rings (SSSR count). The van der Waals surface area contributed by atoms with Gasteiger partial charge in [-0.3, -0.25) is 24.1 Å². The highest BCUT2D eigenvalue weighted by Gasteiger charge is 2.64. The van der Waals surface area contributed by atoms with E-state index in [-0.39, 0.29) is 41.6 Å². The highest BCUT2D eigenvalue weighted by molar-refractivity contribution is 6.24. The lowest BCUT2D eigenvalue weighted by atomic mass is 9.57. The molecule has 0 aliphatic heterocycles. The van der Waals surface area contributed by atoms with Gasteiger partial charge in [-0.05, 0) is 43.8 Å². The van der Waals surface area contributed by atoms with Gasteiger partial charge in [-0.1, -0.05) is 20.8 Å². The van der Waals surface area contributed by atoms with E-state index in [4.69, 9.17) is 5.73 Å². The summed E-state index contributed by atoms with van der Waals surface area (Å²) >= 11 is 0. The van der Waals surface area contributed by atoms with Crippen molar-refractivity contribution in [2.45, 2.75) is 51.7 Å². The number of likely N-dealkylation sites (N-methyl/N-ethyl adjacent to an activating group) is 1. The van der Waals surface area contributed by atoms with Crippen molar-refractivity contribution >= 4 is 35.0 Å². The number of ketones is 2. The van der Waals surface area contributed by atoms with E-state index in [0.29, 0.717) is 5.56 Å². The molecule has 0 saturated heterocycles. The summed E-state index contributed by atoms with van der Waals surface area (Å²) in [5.41, 5.74) is 1.38. The zero-order valence-corrected chi connectivity index (χ0v) is 21.8. The van der Waals surface area contributed by atoms with Crippen LogP contribution >= 0.6 is 0 Å². The Labute approximate surface area is 218 Å². The third-order valence-electron chi connectivity index (χ3n) is 7.41. The molecule has 1 aromatic heterocycles. The first kappa shape index (κ1) is 27.3. The van der Waals surface area contributed by atoms with Crippen molar-refractivity contribution in [1.82, 2.24) is 9.88 Å². The number of Topliss-reactive ketones (excluding diaryl/α,β-unsaturated/α-hetero) is 2. The number of hydrogen-bond acceptors (Lipinski definition) is 10. The van der Waals surface area contributed by atoms with Crippen LogP contribution in [0.3, 0.4) is 0 Å². The summed E-state index contributed by atoms with van der Waals surface area (Å²) in [4.78, 5) is 56.9. The van der Waals surface area contributed by atoms with E-state index >= 15 is 0 Å². The molecule has 2 amide bonds. The van der Waals surface area contributed by atoms with Gasteiger partial charge >= 0.3 is 0 Å². The zero-order chi connectivity index (χ0) is 28.5. The van der Waals surface area contributed by atoms with E-state index < -0.39 is 69.7 Å². The molecular formula is C26H32N4O8. The van der Waals surface area contributed by atoms with Crippen LogP contribution in [0.25, 0.3) is 5.76 Å². The van der Waals surface area contributed by atoms with Crippen molar-refractivity contribution in [2.75, 3.05) is 19.4 Å². The summed E-state index contributed by atoms with van der Waals surface area (Å²) in [6.07, 6.45) is 1.60. The number of nitrogens with two attached hydrogens (primary N) is 1. The molecule has 12 nitrogen and oxygen atoms in total. The number of anilines is 1. The van der Waals surface area contributed by atoms with Gasteiger partial charge in [-0.2, -0.15) is 0 Å². The Balaban J connectivity index is 1.84. The van der Waals surface area contributed by atoms with Gasteiger partial charge < -0.3 is 31.5 Å². The van der Waals surface area contributed by atoms with Crippen LogP contribution in [0.1, 0.15) is 44.7 Å². The molecule has 0 unspecified atom stereocenters. The molecule has 38 heavy (non-hydrogen) atoms. The van der Waals surface area contributed by atoms with Crippen LogP contribution in [0.5, 0.6) is 5.75 Å². The van der Waals surface area contributed by atoms with Gasteiger partial charge in [0.1, 0.15) is 17.1 Å². The summed E-state index contributed by atoms with van der Waals surface area (Å²) in [6.45, 7) is 5.59. The topological polar surface area (TPSA) is 203 Å². The fourth-order valence-corrected chi connectivity index (χ4v) is 5.86. The largest absolute Gasteiger partial charge is 0.508 e. The highest BCUT2D eigenvalue weighted by Crippen LogP contribution is 2.52. The monoisotopic (exact) mass is 528 g/mol. The number of nitrogens with zero attached hydrogens (tertiary/aromatic N) is 2. The maximum Gasteiger partial charge on any atom is 0.255 e.